The number of carbonyl (C=O) groups excluding carboxylic acids is 1. The first-order valence-electron chi connectivity index (χ1n) is 11.5. The van der Waals surface area contributed by atoms with E-state index in [2.05, 4.69) is 17.0 Å². The van der Waals surface area contributed by atoms with Crippen LogP contribution in [0.5, 0.6) is 0 Å². The highest BCUT2D eigenvalue weighted by Gasteiger charge is 2.42. The SMILES string of the molecule is CC1CCN(C(=O)[C@H]2CC[C@@H]2c2nc3c(cnn3C3CCC(F)(F)CC3)c(=O)[nH]2)CC1. The maximum absolute atomic E-state index is 13.6. The van der Waals surface area contributed by atoms with Gasteiger partial charge in [0.25, 0.3) is 5.56 Å². The number of amides is 1. The van der Waals surface area contributed by atoms with Crippen molar-refractivity contribution in [3.05, 3.63) is 22.4 Å². The van der Waals surface area contributed by atoms with Gasteiger partial charge in [0.15, 0.2) is 5.65 Å². The molecule has 0 spiro atoms. The lowest BCUT2D eigenvalue weighted by Crippen LogP contribution is -2.46. The molecule has 1 N–H and O–H groups in total. The third-order valence-electron chi connectivity index (χ3n) is 7.55. The van der Waals surface area contributed by atoms with Crippen LogP contribution in [0.1, 0.15) is 76.1 Å². The molecule has 5 rings (SSSR count). The Morgan fingerprint density at radius 3 is 2.48 bits per heavy atom. The lowest BCUT2D eigenvalue weighted by molar-refractivity contribution is -0.140. The summed E-state index contributed by atoms with van der Waals surface area (Å²) in [4.78, 5) is 35.3. The van der Waals surface area contributed by atoms with E-state index < -0.39 is 5.92 Å². The number of hydrogen-bond acceptors (Lipinski definition) is 4. The van der Waals surface area contributed by atoms with Crippen molar-refractivity contribution in [1.29, 1.82) is 0 Å². The van der Waals surface area contributed by atoms with E-state index in [0.717, 1.165) is 38.8 Å². The number of aromatic amines is 1. The number of rotatable bonds is 3. The zero-order chi connectivity index (χ0) is 21.8. The molecule has 0 aromatic carbocycles. The van der Waals surface area contributed by atoms with E-state index in [-0.39, 0.29) is 42.2 Å². The maximum atomic E-state index is 13.6. The quantitative estimate of drug-likeness (QED) is 0.801. The van der Waals surface area contributed by atoms with Gasteiger partial charge in [0.2, 0.25) is 11.8 Å². The average molecular weight is 434 g/mol. The Bertz CT molecular complexity index is 1030. The number of piperidine rings is 1. The van der Waals surface area contributed by atoms with Crippen LogP contribution in [0.2, 0.25) is 0 Å². The van der Waals surface area contributed by atoms with Crippen LogP contribution in [0.15, 0.2) is 11.0 Å². The van der Waals surface area contributed by atoms with E-state index in [0.29, 0.717) is 35.6 Å². The van der Waals surface area contributed by atoms with Gasteiger partial charge in [-0.1, -0.05) is 6.92 Å². The van der Waals surface area contributed by atoms with Crippen molar-refractivity contribution < 1.29 is 13.6 Å². The highest BCUT2D eigenvalue weighted by atomic mass is 19.3. The molecule has 3 aliphatic rings. The topological polar surface area (TPSA) is 83.9 Å². The summed E-state index contributed by atoms with van der Waals surface area (Å²) in [6.45, 7) is 3.81. The van der Waals surface area contributed by atoms with Crippen LogP contribution in [-0.4, -0.2) is 49.6 Å². The minimum Gasteiger partial charge on any atom is -0.342 e. The summed E-state index contributed by atoms with van der Waals surface area (Å²) in [5, 5.41) is 4.69. The Kier molecular flexibility index (Phi) is 5.09. The van der Waals surface area contributed by atoms with Gasteiger partial charge >= 0.3 is 0 Å². The van der Waals surface area contributed by atoms with Crippen molar-refractivity contribution in [3.8, 4) is 0 Å². The maximum Gasteiger partial charge on any atom is 0.262 e. The van der Waals surface area contributed by atoms with E-state index in [4.69, 9.17) is 4.98 Å². The van der Waals surface area contributed by atoms with Crippen molar-refractivity contribution in [2.45, 2.75) is 76.2 Å². The molecule has 2 aliphatic carbocycles. The summed E-state index contributed by atoms with van der Waals surface area (Å²) in [5.74, 6) is -1.55. The van der Waals surface area contributed by atoms with Crippen molar-refractivity contribution >= 4 is 16.9 Å². The highest BCUT2D eigenvalue weighted by molar-refractivity contribution is 5.81. The fourth-order valence-electron chi connectivity index (χ4n) is 5.25. The second-order valence-corrected chi connectivity index (χ2v) is 9.66. The predicted octanol–water partition coefficient (Wildman–Crippen LogP) is 3.62. The average Bonchev–Trinajstić information content (AvgIpc) is 3.12. The summed E-state index contributed by atoms with van der Waals surface area (Å²) >= 11 is 0. The molecule has 2 atom stereocenters. The first-order valence-corrected chi connectivity index (χ1v) is 11.5. The number of nitrogens with one attached hydrogen (secondary N) is 1. The normalized spacial score (nSPS) is 27.4. The number of nitrogens with zero attached hydrogens (tertiary/aromatic N) is 4. The Hall–Kier alpha value is -2.32. The summed E-state index contributed by atoms with van der Waals surface area (Å²) in [6.07, 6.45) is 5.40. The summed E-state index contributed by atoms with van der Waals surface area (Å²) < 4.78 is 28.8. The Balaban J connectivity index is 1.39. The standard InChI is InChI=1S/C22H29F2N5O2/c1-13-6-10-28(11-7-13)21(31)16-3-2-15(16)18-26-19-17(20(30)27-18)12-25-29(19)14-4-8-22(23,24)9-5-14/h12-16H,2-11H2,1H3,(H,26,27,30)/t15-,16-/m0/s1. The molecule has 31 heavy (non-hydrogen) atoms. The minimum absolute atomic E-state index is 0.108. The van der Waals surface area contributed by atoms with E-state index in [1.54, 1.807) is 4.68 Å². The third-order valence-corrected chi connectivity index (χ3v) is 7.55. The molecule has 2 aromatic heterocycles. The molecule has 3 fully saturated rings. The molecule has 1 aliphatic heterocycles. The van der Waals surface area contributed by atoms with E-state index >= 15 is 0 Å². The molecule has 9 heteroatoms. The van der Waals surface area contributed by atoms with E-state index in [1.165, 1.54) is 6.20 Å². The molecule has 1 amide bonds. The van der Waals surface area contributed by atoms with Crippen LogP contribution < -0.4 is 5.56 Å². The first kappa shape index (κ1) is 20.6. The van der Waals surface area contributed by atoms with Crippen molar-refractivity contribution in [1.82, 2.24) is 24.6 Å². The summed E-state index contributed by atoms with van der Waals surface area (Å²) in [7, 11) is 0. The number of halogens is 2. The van der Waals surface area contributed by atoms with Crippen LogP contribution in [0.4, 0.5) is 8.78 Å². The smallest absolute Gasteiger partial charge is 0.262 e. The van der Waals surface area contributed by atoms with Gasteiger partial charge in [0.1, 0.15) is 11.2 Å². The van der Waals surface area contributed by atoms with Crippen LogP contribution in [0.3, 0.4) is 0 Å². The molecular weight excluding hydrogens is 404 g/mol. The minimum atomic E-state index is -2.62. The van der Waals surface area contributed by atoms with Gasteiger partial charge in [-0.25, -0.2) is 18.4 Å². The Labute approximate surface area is 179 Å². The number of H-pyrrole nitrogens is 1. The first-order chi connectivity index (χ1) is 14.8. The number of likely N-dealkylation sites (tertiary alicyclic amines) is 1. The molecule has 1 saturated heterocycles. The summed E-state index contributed by atoms with van der Waals surface area (Å²) in [6, 6.07) is -0.187. The van der Waals surface area contributed by atoms with Gasteiger partial charge in [0, 0.05) is 37.8 Å². The van der Waals surface area contributed by atoms with Gasteiger partial charge in [-0.05, 0) is 44.4 Å². The molecule has 0 radical (unpaired) electrons. The lowest BCUT2D eigenvalue weighted by atomic mass is 9.72. The van der Waals surface area contributed by atoms with Gasteiger partial charge in [0.05, 0.1) is 12.2 Å². The largest absolute Gasteiger partial charge is 0.342 e. The predicted molar refractivity (Wildman–Crippen MR) is 111 cm³/mol. The molecule has 7 nitrogen and oxygen atoms in total. The van der Waals surface area contributed by atoms with Crippen molar-refractivity contribution in [3.63, 3.8) is 0 Å². The monoisotopic (exact) mass is 433 g/mol. The van der Waals surface area contributed by atoms with Gasteiger partial charge in [-0.15, -0.1) is 0 Å². The van der Waals surface area contributed by atoms with E-state index in [9.17, 15) is 18.4 Å². The fourth-order valence-corrected chi connectivity index (χ4v) is 5.25. The van der Waals surface area contributed by atoms with Crippen LogP contribution in [0, 0.1) is 11.8 Å². The van der Waals surface area contributed by atoms with Crippen molar-refractivity contribution in [2.24, 2.45) is 11.8 Å². The van der Waals surface area contributed by atoms with E-state index in [1.807, 2.05) is 4.90 Å². The Morgan fingerprint density at radius 1 is 1.13 bits per heavy atom. The number of alkyl halides is 2. The lowest BCUT2D eigenvalue weighted by Gasteiger charge is -2.40. The number of hydrogen-bond donors (Lipinski definition) is 1. The highest BCUT2D eigenvalue weighted by Crippen LogP contribution is 2.43. The van der Waals surface area contributed by atoms with Crippen LogP contribution in [-0.2, 0) is 4.79 Å². The molecule has 0 bridgehead atoms. The molecule has 2 aromatic rings. The number of aromatic nitrogens is 4. The van der Waals surface area contributed by atoms with Gasteiger partial charge in [-0.3, -0.25) is 9.59 Å². The zero-order valence-corrected chi connectivity index (χ0v) is 17.8. The second kappa shape index (κ2) is 7.67. The second-order valence-electron chi connectivity index (χ2n) is 9.66. The van der Waals surface area contributed by atoms with Gasteiger partial charge in [-0.2, -0.15) is 5.10 Å². The molecule has 0 unspecified atom stereocenters. The molecule has 3 heterocycles. The number of carbonyl (C=O) groups is 1. The number of fused-ring (bicyclic) bond motifs is 1. The summed E-state index contributed by atoms with van der Waals surface area (Å²) in [5.41, 5.74) is 0.163. The molecule has 168 valence electrons. The third kappa shape index (κ3) is 3.76. The Morgan fingerprint density at radius 2 is 1.84 bits per heavy atom. The molecule has 2 saturated carbocycles. The van der Waals surface area contributed by atoms with Gasteiger partial charge < -0.3 is 9.88 Å². The van der Waals surface area contributed by atoms with Crippen LogP contribution >= 0.6 is 0 Å². The molecular formula is C22H29F2N5O2. The van der Waals surface area contributed by atoms with Crippen LogP contribution in [0.25, 0.3) is 11.0 Å². The zero-order valence-electron chi connectivity index (χ0n) is 17.8. The fraction of sp³-hybridized carbons (Fsp3) is 0.727. The van der Waals surface area contributed by atoms with Crippen molar-refractivity contribution in [2.75, 3.05) is 13.1 Å².